The molecule has 1 aliphatic rings. The molecule has 0 saturated carbocycles. The summed E-state index contributed by atoms with van der Waals surface area (Å²) in [6.45, 7) is 5.58. The molecule has 1 heterocycles. The molecule has 0 spiro atoms. The average molecular weight is 422 g/mol. The number of amides is 1. The summed E-state index contributed by atoms with van der Waals surface area (Å²) in [4.78, 5) is 21.0. The maximum atomic E-state index is 12.4. The fourth-order valence-electron chi connectivity index (χ4n) is 3.87. The zero-order chi connectivity index (χ0) is 22.1. The maximum absolute atomic E-state index is 12.4. The van der Waals surface area contributed by atoms with Gasteiger partial charge in [-0.2, -0.15) is 0 Å². The summed E-state index contributed by atoms with van der Waals surface area (Å²) in [6.07, 6.45) is 2.96. The van der Waals surface area contributed by atoms with E-state index in [1.165, 1.54) is 24.1 Å². The van der Waals surface area contributed by atoms with E-state index in [0.717, 1.165) is 18.7 Å². The Hall–Kier alpha value is -3.02. The van der Waals surface area contributed by atoms with Crippen LogP contribution in [0.2, 0.25) is 0 Å². The summed E-state index contributed by atoms with van der Waals surface area (Å²) >= 11 is 0. The summed E-state index contributed by atoms with van der Waals surface area (Å²) in [7, 11) is 3.60. The molecule has 0 aromatic heterocycles. The van der Waals surface area contributed by atoms with E-state index in [9.17, 15) is 4.79 Å². The lowest BCUT2D eigenvalue weighted by Crippen LogP contribution is -2.40. The van der Waals surface area contributed by atoms with Crippen molar-refractivity contribution in [1.82, 2.24) is 15.5 Å². The normalized spacial score (nSPS) is 14.9. The van der Waals surface area contributed by atoms with Crippen LogP contribution in [0, 0.1) is 0 Å². The van der Waals surface area contributed by atoms with Crippen LogP contribution >= 0.6 is 0 Å². The minimum atomic E-state index is 0.109. The number of hydrogen-bond acceptors (Lipinski definition) is 3. The predicted octanol–water partition coefficient (Wildman–Crippen LogP) is 3.56. The van der Waals surface area contributed by atoms with E-state index in [0.29, 0.717) is 25.5 Å². The van der Waals surface area contributed by atoms with Gasteiger partial charge in [0.25, 0.3) is 0 Å². The number of guanidine groups is 1. The van der Waals surface area contributed by atoms with E-state index in [2.05, 4.69) is 51.7 Å². The van der Waals surface area contributed by atoms with Crippen LogP contribution in [0.5, 0.6) is 0 Å². The number of benzene rings is 2. The molecule has 2 aromatic rings. The number of aliphatic imine (C=N–C) groups is 1. The Morgan fingerprint density at radius 3 is 2.58 bits per heavy atom. The lowest BCUT2D eigenvalue weighted by Gasteiger charge is -2.22. The Balaban J connectivity index is 1.45. The van der Waals surface area contributed by atoms with Gasteiger partial charge in [-0.15, -0.1) is 0 Å². The molecule has 1 atom stereocenters. The summed E-state index contributed by atoms with van der Waals surface area (Å²) in [6, 6.07) is 18.9. The second-order valence-corrected chi connectivity index (χ2v) is 8.14. The molecule has 0 aliphatic carbocycles. The molecule has 6 heteroatoms. The van der Waals surface area contributed by atoms with Gasteiger partial charge in [0.2, 0.25) is 5.91 Å². The van der Waals surface area contributed by atoms with Gasteiger partial charge in [-0.1, -0.05) is 42.5 Å². The van der Waals surface area contributed by atoms with E-state index in [4.69, 9.17) is 0 Å². The first-order valence-electron chi connectivity index (χ1n) is 11.2. The highest BCUT2D eigenvalue weighted by atomic mass is 16.2. The Morgan fingerprint density at radius 1 is 1.13 bits per heavy atom. The van der Waals surface area contributed by atoms with Crippen LogP contribution in [0.1, 0.15) is 43.4 Å². The van der Waals surface area contributed by atoms with Gasteiger partial charge in [0.05, 0.1) is 6.04 Å². The van der Waals surface area contributed by atoms with Gasteiger partial charge < -0.3 is 20.4 Å². The summed E-state index contributed by atoms with van der Waals surface area (Å²) in [5.74, 6) is 0.816. The quantitative estimate of drug-likeness (QED) is 0.505. The van der Waals surface area contributed by atoms with Crippen LogP contribution in [-0.4, -0.2) is 50.5 Å². The van der Waals surface area contributed by atoms with Gasteiger partial charge in [0.1, 0.15) is 0 Å². The molecule has 0 bridgehead atoms. The third-order valence-electron chi connectivity index (χ3n) is 5.74. The van der Waals surface area contributed by atoms with Crippen molar-refractivity contribution in [2.24, 2.45) is 4.99 Å². The van der Waals surface area contributed by atoms with Crippen molar-refractivity contribution < 1.29 is 4.79 Å². The maximum Gasteiger partial charge on any atom is 0.224 e. The minimum Gasteiger partial charge on any atom is -0.372 e. The fourth-order valence-corrected chi connectivity index (χ4v) is 3.87. The number of nitrogens with zero attached hydrogens (tertiary/aromatic N) is 3. The Morgan fingerprint density at radius 2 is 1.87 bits per heavy atom. The van der Waals surface area contributed by atoms with Crippen molar-refractivity contribution >= 4 is 17.6 Å². The molecule has 2 N–H and O–H groups in total. The third kappa shape index (κ3) is 6.74. The second-order valence-electron chi connectivity index (χ2n) is 8.14. The largest absolute Gasteiger partial charge is 0.372 e. The van der Waals surface area contributed by atoms with E-state index in [1.54, 1.807) is 11.9 Å². The van der Waals surface area contributed by atoms with Crippen molar-refractivity contribution in [3.8, 4) is 0 Å². The molecule has 31 heavy (non-hydrogen) atoms. The van der Waals surface area contributed by atoms with Crippen LogP contribution in [0.25, 0.3) is 0 Å². The number of hydrogen-bond donors (Lipinski definition) is 2. The SMILES string of the molecule is CN=C(NCCC(=O)N(C)Cc1ccccc1)NC(C)c1cccc(N2CCCC2)c1. The van der Waals surface area contributed by atoms with Crippen LogP contribution in [0.15, 0.2) is 59.6 Å². The number of nitrogens with one attached hydrogen (secondary N) is 2. The summed E-state index contributed by atoms with van der Waals surface area (Å²) in [5.41, 5.74) is 3.65. The molecular weight excluding hydrogens is 386 g/mol. The topological polar surface area (TPSA) is 60.0 Å². The van der Waals surface area contributed by atoms with Crippen LogP contribution in [0.3, 0.4) is 0 Å². The highest BCUT2D eigenvalue weighted by Gasteiger charge is 2.15. The molecule has 6 nitrogen and oxygen atoms in total. The monoisotopic (exact) mass is 421 g/mol. The summed E-state index contributed by atoms with van der Waals surface area (Å²) < 4.78 is 0. The standard InChI is InChI=1S/C25H35N5O/c1-20(22-12-9-13-23(18-22)30-16-7-8-17-30)28-25(26-2)27-15-14-24(31)29(3)19-21-10-5-4-6-11-21/h4-6,9-13,18,20H,7-8,14-17,19H2,1-3H3,(H2,26,27,28). The van der Waals surface area contributed by atoms with Crippen LogP contribution in [-0.2, 0) is 11.3 Å². The van der Waals surface area contributed by atoms with Gasteiger partial charge in [0, 0.05) is 52.4 Å². The predicted molar refractivity (Wildman–Crippen MR) is 128 cm³/mol. The molecule has 3 rings (SSSR count). The minimum absolute atomic E-state index is 0.109. The number of carbonyl (C=O) groups is 1. The average Bonchev–Trinajstić information content (AvgIpc) is 3.34. The van der Waals surface area contributed by atoms with Gasteiger partial charge in [0.15, 0.2) is 5.96 Å². The number of anilines is 1. The van der Waals surface area contributed by atoms with Crippen molar-refractivity contribution in [1.29, 1.82) is 0 Å². The zero-order valence-corrected chi connectivity index (χ0v) is 19.0. The van der Waals surface area contributed by atoms with Gasteiger partial charge in [-0.25, -0.2) is 0 Å². The molecule has 0 radical (unpaired) electrons. The molecule has 1 unspecified atom stereocenters. The molecule has 166 valence electrons. The fraction of sp³-hybridized carbons (Fsp3) is 0.440. The van der Waals surface area contributed by atoms with Crippen molar-refractivity contribution in [2.45, 2.75) is 38.8 Å². The first-order valence-corrected chi connectivity index (χ1v) is 11.2. The lowest BCUT2D eigenvalue weighted by molar-refractivity contribution is -0.130. The Labute approximate surface area is 186 Å². The smallest absolute Gasteiger partial charge is 0.224 e. The lowest BCUT2D eigenvalue weighted by atomic mass is 10.1. The zero-order valence-electron chi connectivity index (χ0n) is 19.0. The van der Waals surface area contributed by atoms with Gasteiger partial charge >= 0.3 is 0 Å². The van der Waals surface area contributed by atoms with E-state index >= 15 is 0 Å². The van der Waals surface area contributed by atoms with Crippen LogP contribution < -0.4 is 15.5 Å². The molecule has 1 aliphatic heterocycles. The number of carbonyl (C=O) groups excluding carboxylic acids is 1. The molecule has 1 amide bonds. The molecule has 2 aromatic carbocycles. The highest BCUT2D eigenvalue weighted by Crippen LogP contribution is 2.23. The van der Waals surface area contributed by atoms with Crippen molar-refractivity contribution in [3.63, 3.8) is 0 Å². The second kappa shape index (κ2) is 11.4. The Kier molecular flexibility index (Phi) is 8.33. The van der Waals surface area contributed by atoms with Gasteiger partial charge in [-0.3, -0.25) is 9.79 Å². The molecule has 1 saturated heterocycles. The summed E-state index contributed by atoms with van der Waals surface area (Å²) in [5, 5.41) is 6.71. The number of rotatable bonds is 8. The third-order valence-corrected chi connectivity index (χ3v) is 5.74. The highest BCUT2D eigenvalue weighted by molar-refractivity contribution is 5.81. The van der Waals surface area contributed by atoms with E-state index in [1.807, 2.05) is 37.4 Å². The molecule has 1 fully saturated rings. The van der Waals surface area contributed by atoms with Crippen LogP contribution in [0.4, 0.5) is 5.69 Å². The first kappa shape index (κ1) is 22.7. The van der Waals surface area contributed by atoms with E-state index < -0.39 is 0 Å². The van der Waals surface area contributed by atoms with E-state index in [-0.39, 0.29) is 11.9 Å². The van der Waals surface area contributed by atoms with Gasteiger partial charge in [-0.05, 0) is 43.0 Å². The van der Waals surface area contributed by atoms with Crippen molar-refractivity contribution in [3.05, 3.63) is 65.7 Å². The first-order chi connectivity index (χ1) is 15.1. The Bertz CT molecular complexity index is 861. The molecular formula is C25H35N5O. The van der Waals surface area contributed by atoms with Crippen molar-refractivity contribution in [2.75, 3.05) is 38.6 Å².